The third kappa shape index (κ3) is 3.51. The fourth-order valence-electron chi connectivity index (χ4n) is 3.27. The largest absolute Gasteiger partial charge is 0.353 e. The summed E-state index contributed by atoms with van der Waals surface area (Å²) < 4.78 is 0. The van der Waals surface area contributed by atoms with E-state index in [-0.39, 0.29) is 11.9 Å². The predicted octanol–water partition coefficient (Wildman–Crippen LogP) is 0.646. The monoisotopic (exact) mass is 279 g/mol. The Hall–Kier alpha value is -1.10. The van der Waals surface area contributed by atoms with Crippen molar-refractivity contribution in [3.63, 3.8) is 0 Å². The molecular formula is C15H25N3O2. The van der Waals surface area contributed by atoms with Crippen molar-refractivity contribution in [2.75, 3.05) is 19.6 Å². The quantitative estimate of drug-likeness (QED) is 0.794. The Labute approximate surface area is 120 Å². The molecule has 0 bridgehead atoms. The molecule has 5 nitrogen and oxygen atoms in total. The second kappa shape index (κ2) is 6.12. The standard InChI is InChI=1S/C15H25N3O2/c19-14(10-13-2-1-7-16-13)17-12-5-8-18(9-6-12)15(20)11-3-4-11/h11-13,16H,1-10H2,(H,17,19). The zero-order valence-electron chi connectivity index (χ0n) is 12.1. The Kier molecular flexibility index (Phi) is 4.24. The van der Waals surface area contributed by atoms with Gasteiger partial charge >= 0.3 is 0 Å². The minimum absolute atomic E-state index is 0.163. The molecule has 1 atom stereocenters. The number of hydrogen-bond donors (Lipinski definition) is 2. The molecule has 5 heteroatoms. The zero-order chi connectivity index (χ0) is 13.9. The van der Waals surface area contributed by atoms with Gasteiger partial charge in [0.1, 0.15) is 0 Å². The van der Waals surface area contributed by atoms with Gasteiger partial charge in [0.2, 0.25) is 11.8 Å². The van der Waals surface area contributed by atoms with Crippen molar-refractivity contribution < 1.29 is 9.59 Å². The lowest BCUT2D eigenvalue weighted by Gasteiger charge is -2.32. The molecule has 2 N–H and O–H groups in total. The van der Waals surface area contributed by atoms with Gasteiger partial charge in [-0.15, -0.1) is 0 Å². The molecule has 2 amide bonds. The van der Waals surface area contributed by atoms with Crippen molar-refractivity contribution in [2.24, 2.45) is 5.92 Å². The molecule has 2 heterocycles. The van der Waals surface area contributed by atoms with Gasteiger partial charge in [-0.25, -0.2) is 0 Å². The molecule has 3 aliphatic rings. The number of amides is 2. The smallest absolute Gasteiger partial charge is 0.225 e. The lowest BCUT2D eigenvalue weighted by Crippen LogP contribution is -2.47. The summed E-state index contributed by atoms with van der Waals surface area (Å²) in [5.74, 6) is 0.816. The number of nitrogens with one attached hydrogen (secondary N) is 2. The molecule has 2 saturated heterocycles. The van der Waals surface area contributed by atoms with E-state index in [1.54, 1.807) is 0 Å². The van der Waals surface area contributed by atoms with Crippen LogP contribution in [0.15, 0.2) is 0 Å². The van der Waals surface area contributed by atoms with Crippen molar-refractivity contribution in [1.82, 2.24) is 15.5 Å². The maximum atomic E-state index is 12.0. The molecule has 1 aliphatic carbocycles. The molecule has 0 aromatic heterocycles. The first-order valence-corrected chi connectivity index (χ1v) is 8.04. The fourth-order valence-corrected chi connectivity index (χ4v) is 3.27. The molecule has 0 radical (unpaired) electrons. The molecule has 1 unspecified atom stereocenters. The summed E-state index contributed by atoms with van der Waals surface area (Å²) in [5, 5.41) is 6.49. The second-order valence-electron chi connectivity index (χ2n) is 6.44. The zero-order valence-corrected chi connectivity index (χ0v) is 12.1. The van der Waals surface area contributed by atoms with E-state index in [2.05, 4.69) is 10.6 Å². The Bertz CT molecular complexity index is 367. The molecule has 112 valence electrons. The summed E-state index contributed by atoms with van der Waals surface area (Å²) in [6.45, 7) is 2.66. The van der Waals surface area contributed by atoms with E-state index in [0.29, 0.717) is 24.3 Å². The number of piperidine rings is 1. The first-order chi connectivity index (χ1) is 9.72. The third-order valence-corrected chi connectivity index (χ3v) is 4.69. The van der Waals surface area contributed by atoms with E-state index in [0.717, 1.165) is 51.7 Å². The van der Waals surface area contributed by atoms with Crippen LogP contribution in [0.4, 0.5) is 0 Å². The van der Waals surface area contributed by atoms with Gasteiger partial charge in [-0.2, -0.15) is 0 Å². The van der Waals surface area contributed by atoms with Crippen LogP contribution < -0.4 is 10.6 Å². The van der Waals surface area contributed by atoms with Gasteiger partial charge in [-0.3, -0.25) is 9.59 Å². The van der Waals surface area contributed by atoms with Gasteiger partial charge < -0.3 is 15.5 Å². The third-order valence-electron chi connectivity index (χ3n) is 4.69. The molecular weight excluding hydrogens is 254 g/mol. The Morgan fingerprint density at radius 2 is 1.85 bits per heavy atom. The van der Waals surface area contributed by atoms with Crippen molar-refractivity contribution in [3.8, 4) is 0 Å². The van der Waals surface area contributed by atoms with Crippen LogP contribution in [0.1, 0.15) is 44.9 Å². The highest BCUT2D eigenvalue weighted by Crippen LogP contribution is 2.31. The summed E-state index contributed by atoms with van der Waals surface area (Å²) in [5.41, 5.74) is 0. The average molecular weight is 279 g/mol. The SMILES string of the molecule is O=C(CC1CCCN1)NC1CCN(C(=O)C2CC2)CC1. The van der Waals surface area contributed by atoms with Crippen molar-refractivity contribution in [2.45, 2.75) is 57.0 Å². The van der Waals surface area contributed by atoms with E-state index >= 15 is 0 Å². The maximum Gasteiger partial charge on any atom is 0.225 e. The van der Waals surface area contributed by atoms with Crippen LogP contribution in [-0.2, 0) is 9.59 Å². The lowest BCUT2D eigenvalue weighted by molar-refractivity contribution is -0.133. The molecule has 0 aromatic rings. The van der Waals surface area contributed by atoms with E-state index in [9.17, 15) is 9.59 Å². The molecule has 0 aromatic carbocycles. The van der Waals surface area contributed by atoms with E-state index in [1.807, 2.05) is 4.90 Å². The van der Waals surface area contributed by atoms with Crippen LogP contribution in [-0.4, -0.2) is 48.4 Å². The number of rotatable bonds is 4. The Balaban J connectivity index is 1.37. The number of nitrogens with zero attached hydrogens (tertiary/aromatic N) is 1. The number of carbonyl (C=O) groups is 2. The van der Waals surface area contributed by atoms with Crippen LogP contribution in [0, 0.1) is 5.92 Å². The summed E-state index contributed by atoms with van der Waals surface area (Å²) in [6, 6.07) is 0.624. The van der Waals surface area contributed by atoms with Crippen LogP contribution in [0.25, 0.3) is 0 Å². The number of carbonyl (C=O) groups excluding carboxylic acids is 2. The van der Waals surface area contributed by atoms with Crippen LogP contribution >= 0.6 is 0 Å². The average Bonchev–Trinajstić information content (AvgIpc) is 3.18. The van der Waals surface area contributed by atoms with E-state index in [4.69, 9.17) is 0 Å². The summed E-state index contributed by atoms with van der Waals surface area (Å²) in [6.07, 6.45) is 6.85. The topological polar surface area (TPSA) is 61.4 Å². The van der Waals surface area contributed by atoms with Crippen LogP contribution in [0.3, 0.4) is 0 Å². The van der Waals surface area contributed by atoms with E-state index < -0.39 is 0 Å². The molecule has 0 spiro atoms. The molecule has 1 saturated carbocycles. The first kappa shape index (κ1) is 13.9. The highest BCUT2D eigenvalue weighted by molar-refractivity contribution is 5.81. The number of hydrogen-bond acceptors (Lipinski definition) is 3. The Morgan fingerprint density at radius 3 is 2.45 bits per heavy atom. The minimum Gasteiger partial charge on any atom is -0.353 e. The summed E-state index contributed by atoms with van der Waals surface area (Å²) in [4.78, 5) is 25.9. The summed E-state index contributed by atoms with van der Waals surface area (Å²) >= 11 is 0. The van der Waals surface area contributed by atoms with Crippen molar-refractivity contribution >= 4 is 11.8 Å². The van der Waals surface area contributed by atoms with Crippen LogP contribution in [0.5, 0.6) is 0 Å². The van der Waals surface area contributed by atoms with Gasteiger partial charge in [0, 0.05) is 37.5 Å². The molecule has 3 fully saturated rings. The molecule has 3 rings (SSSR count). The van der Waals surface area contributed by atoms with Gasteiger partial charge in [-0.05, 0) is 45.1 Å². The highest BCUT2D eigenvalue weighted by Gasteiger charge is 2.35. The molecule has 20 heavy (non-hydrogen) atoms. The lowest BCUT2D eigenvalue weighted by atomic mass is 10.0. The minimum atomic E-state index is 0.163. The van der Waals surface area contributed by atoms with Crippen molar-refractivity contribution in [3.05, 3.63) is 0 Å². The summed E-state index contributed by atoms with van der Waals surface area (Å²) in [7, 11) is 0. The predicted molar refractivity (Wildman–Crippen MR) is 76.1 cm³/mol. The van der Waals surface area contributed by atoms with Gasteiger partial charge in [-0.1, -0.05) is 0 Å². The second-order valence-corrected chi connectivity index (χ2v) is 6.44. The maximum absolute atomic E-state index is 12.0. The molecule has 2 aliphatic heterocycles. The van der Waals surface area contributed by atoms with Crippen molar-refractivity contribution in [1.29, 1.82) is 0 Å². The van der Waals surface area contributed by atoms with Gasteiger partial charge in [0.25, 0.3) is 0 Å². The highest BCUT2D eigenvalue weighted by atomic mass is 16.2. The van der Waals surface area contributed by atoms with Crippen LogP contribution in [0.2, 0.25) is 0 Å². The van der Waals surface area contributed by atoms with Gasteiger partial charge in [0.15, 0.2) is 0 Å². The first-order valence-electron chi connectivity index (χ1n) is 8.04. The normalized spacial score (nSPS) is 27.6. The van der Waals surface area contributed by atoms with Gasteiger partial charge in [0.05, 0.1) is 0 Å². The number of likely N-dealkylation sites (tertiary alicyclic amines) is 1. The van der Waals surface area contributed by atoms with E-state index in [1.165, 1.54) is 6.42 Å². The Morgan fingerprint density at radius 1 is 1.10 bits per heavy atom. The fraction of sp³-hybridized carbons (Fsp3) is 0.867.